The summed E-state index contributed by atoms with van der Waals surface area (Å²) in [5.41, 5.74) is 2.12. The van der Waals surface area contributed by atoms with Gasteiger partial charge in [-0.25, -0.2) is 0 Å². The van der Waals surface area contributed by atoms with Gasteiger partial charge in [-0.3, -0.25) is 4.99 Å². The van der Waals surface area contributed by atoms with Crippen molar-refractivity contribution < 1.29 is 0 Å². The quantitative estimate of drug-likeness (QED) is 0.568. The molecule has 0 saturated heterocycles. The molecule has 0 aliphatic heterocycles. The molecule has 20 heavy (non-hydrogen) atoms. The van der Waals surface area contributed by atoms with E-state index in [0.29, 0.717) is 0 Å². The Kier molecular flexibility index (Phi) is 5.35. The molecule has 0 radical (unpaired) electrons. The second kappa shape index (κ2) is 7.74. The molecule has 2 aromatic rings. The lowest BCUT2D eigenvalue weighted by atomic mass is 10.3. The summed E-state index contributed by atoms with van der Waals surface area (Å²) in [5.74, 6) is 0. The molecule has 100 valence electrons. The molecular weight excluding hydrogens is 244 g/mol. The van der Waals surface area contributed by atoms with E-state index in [2.05, 4.69) is 22.0 Å². The zero-order valence-corrected chi connectivity index (χ0v) is 11.6. The van der Waals surface area contributed by atoms with E-state index in [0.717, 1.165) is 11.4 Å². The first-order valence-corrected chi connectivity index (χ1v) is 6.57. The summed E-state index contributed by atoms with van der Waals surface area (Å²) >= 11 is 0. The zero-order valence-electron chi connectivity index (χ0n) is 11.6. The molecule has 2 rings (SSSR count). The lowest BCUT2D eigenvalue weighted by Gasteiger charge is -2.12. The van der Waals surface area contributed by atoms with Crippen LogP contribution in [0.25, 0.3) is 0 Å². The Bertz CT molecular complexity index is 583. The molecule has 0 heterocycles. The molecule has 0 aliphatic carbocycles. The summed E-state index contributed by atoms with van der Waals surface area (Å²) in [6.07, 6.45) is 9.68. The van der Waals surface area contributed by atoms with Crippen LogP contribution in [-0.2, 0) is 0 Å². The van der Waals surface area contributed by atoms with Gasteiger partial charge in [-0.2, -0.15) is 0 Å². The zero-order chi connectivity index (χ0) is 14.0. The lowest BCUT2D eigenvalue weighted by molar-refractivity contribution is 1.20. The number of aliphatic imine (C=N–C) groups is 1. The van der Waals surface area contributed by atoms with Crippen molar-refractivity contribution >= 4 is 17.6 Å². The van der Waals surface area contributed by atoms with E-state index in [1.54, 1.807) is 6.21 Å². The van der Waals surface area contributed by atoms with Crippen LogP contribution in [0.1, 0.15) is 0 Å². The van der Waals surface area contributed by atoms with E-state index >= 15 is 0 Å². The smallest absolute Gasteiger partial charge is 0.0629 e. The van der Waals surface area contributed by atoms with Gasteiger partial charge in [0.2, 0.25) is 0 Å². The van der Waals surface area contributed by atoms with Crippen LogP contribution in [0.3, 0.4) is 0 Å². The van der Waals surface area contributed by atoms with E-state index < -0.39 is 0 Å². The fourth-order valence-corrected chi connectivity index (χ4v) is 1.68. The first kappa shape index (κ1) is 13.8. The molecule has 0 amide bonds. The third-order valence-electron chi connectivity index (χ3n) is 2.76. The Hall–Kier alpha value is -2.61. The second-order valence-corrected chi connectivity index (χ2v) is 4.29. The van der Waals surface area contributed by atoms with Crippen molar-refractivity contribution in [1.29, 1.82) is 0 Å². The first-order chi connectivity index (χ1) is 9.86. The van der Waals surface area contributed by atoms with Crippen molar-refractivity contribution in [2.24, 2.45) is 4.99 Å². The van der Waals surface area contributed by atoms with Crippen LogP contribution in [-0.4, -0.2) is 13.3 Å². The molecular formula is C18H18N2. The van der Waals surface area contributed by atoms with Gasteiger partial charge < -0.3 is 4.90 Å². The highest BCUT2D eigenvalue weighted by Crippen LogP contribution is 2.11. The van der Waals surface area contributed by atoms with Crippen LogP contribution in [0.4, 0.5) is 11.4 Å². The largest absolute Gasteiger partial charge is 0.351 e. The molecule has 0 fully saturated rings. The third-order valence-corrected chi connectivity index (χ3v) is 2.76. The predicted octanol–water partition coefficient (Wildman–Crippen LogP) is 4.60. The average Bonchev–Trinajstić information content (AvgIpc) is 2.52. The number of nitrogens with zero attached hydrogens (tertiary/aromatic N) is 2. The van der Waals surface area contributed by atoms with Crippen LogP contribution < -0.4 is 4.90 Å². The molecule has 0 unspecified atom stereocenters. The molecule has 0 bridgehead atoms. The molecule has 0 atom stereocenters. The number of para-hydroxylation sites is 2. The highest BCUT2D eigenvalue weighted by molar-refractivity contribution is 5.74. The molecule has 2 aromatic carbocycles. The van der Waals surface area contributed by atoms with Gasteiger partial charge in [-0.15, -0.1) is 0 Å². The first-order valence-electron chi connectivity index (χ1n) is 6.57. The second-order valence-electron chi connectivity index (χ2n) is 4.29. The molecule has 0 N–H and O–H groups in total. The molecule has 0 aromatic heterocycles. The maximum absolute atomic E-state index is 4.32. The van der Waals surface area contributed by atoms with Gasteiger partial charge in [0.25, 0.3) is 0 Å². The van der Waals surface area contributed by atoms with E-state index in [1.807, 2.05) is 80.0 Å². The summed E-state index contributed by atoms with van der Waals surface area (Å²) in [4.78, 5) is 6.39. The minimum Gasteiger partial charge on any atom is -0.351 e. The van der Waals surface area contributed by atoms with Crippen LogP contribution in [0, 0.1) is 0 Å². The third kappa shape index (κ3) is 4.58. The maximum atomic E-state index is 4.32. The van der Waals surface area contributed by atoms with Crippen LogP contribution in [0.15, 0.2) is 90.1 Å². The average molecular weight is 262 g/mol. The Morgan fingerprint density at radius 2 is 1.45 bits per heavy atom. The summed E-state index contributed by atoms with van der Waals surface area (Å²) in [7, 11) is 2.03. The Morgan fingerprint density at radius 3 is 2.15 bits per heavy atom. The van der Waals surface area contributed by atoms with Gasteiger partial charge in [0.15, 0.2) is 0 Å². The SMILES string of the molecule is CN(/C=C/C=C/C=N/c1ccccc1)c1ccccc1. The van der Waals surface area contributed by atoms with Crippen molar-refractivity contribution in [1.82, 2.24) is 0 Å². The number of rotatable bonds is 5. The highest BCUT2D eigenvalue weighted by Gasteiger charge is 1.91. The Morgan fingerprint density at radius 1 is 0.800 bits per heavy atom. The molecule has 0 aliphatic rings. The number of benzene rings is 2. The summed E-state index contributed by atoms with van der Waals surface area (Å²) in [5, 5.41) is 0. The van der Waals surface area contributed by atoms with Crippen molar-refractivity contribution in [2.45, 2.75) is 0 Å². The molecule has 2 heteroatoms. The molecule has 2 nitrogen and oxygen atoms in total. The topological polar surface area (TPSA) is 15.6 Å². The van der Waals surface area contributed by atoms with Crippen molar-refractivity contribution in [3.63, 3.8) is 0 Å². The number of hydrogen-bond acceptors (Lipinski definition) is 2. The Labute approximate surface area is 120 Å². The van der Waals surface area contributed by atoms with E-state index in [4.69, 9.17) is 0 Å². The van der Waals surface area contributed by atoms with Gasteiger partial charge in [-0.1, -0.05) is 42.5 Å². The number of allylic oxidation sites excluding steroid dienone is 3. The van der Waals surface area contributed by atoms with E-state index in [1.165, 1.54) is 0 Å². The van der Waals surface area contributed by atoms with E-state index in [9.17, 15) is 0 Å². The van der Waals surface area contributed by atoms with E-state index in [-0.39, 0.29) is 0 Å². The van der Waals surface area contributed by atoms with Crippen LogP contribution in [0.5, 0.6) is 0 Å². The minimum absolute atomic E-state index is 0.961. The summed E-state index contributed by atoms with van der Waals surface area (Å²) < 4.78 is 0. The Balaban J connectivity index is 1.84. The minimum atomic E-state index is 0.961. The van der Waals surface area contributed by atoms with Crippen molar-refractivity contribution in [3.8, 4) is 0 Å². The van der Waals surface area contributed by atoms with Crippen molar-refractivity contribution in [2.75, 3.05) is 11.9 Å². The highest BCUT2D eigenvalue weighted by atomic mass is 15.1. The normalized spacial score (nSPS) is 11.7. The number of hydrogen-bond donors (Lipinski definition) is 0. The van der Waals surface area contributed by atoms with Gasteiger partial charge in [0.1, 0.15) is 0 Å². The van der Waals surface area contributed by atoms with Crippen LogP contribution >= 0.6 is 0 Å². The van der Waals surface area contributed by atoms with Gasteiger partial charge in [-0.05, 0) is 36.4 Å². The maximum Gasteiger partial charge on any atom is 0.0629 e. The fraction of sp³-hybridized carbons (Fsp3) is 0.0556. The van der Waals surface area contributed by atoms with Crippen molar-refractivity contribution in [3.05, 3.63) is 85.1 Å². The predicted molar refractivity (Wildman–Crippen MR) is 87.7 cm³/mol. The number of anilines is 1. The summed E-state index contributed by atoms with van der Waals surface area (Å²) in [6, 6.07) is 20.1. The molecule has 0 saturated carbocycles. The molecule has 0 spiro atoms. The van der Waals surface area contributed by atoms with Crippen LogP contribution in [0.2, 0.25) is 0 Å². The summed E-state index contributed by atoms with van der Waals surface area (Å²) in [6.45, 7) is 0. The fourth-order valence-electron chi connectivity index (χ4n) is 1.68. The lowest BCUT2D eigenvalue weighted by Crippen LogP contribution is -2.06. The van der Waals surface area contributed by atoms with Gasteiger partial charge >= 0.3 is 0 Å². The van der Waals surface area contributed by atoms with Gasteiger partial charge in [0.05, 0.1) is 5.69 Å². The standard InChI is InChI=1S/C18H18N2/c1-20(18-13-7-3-8-14-18)16-10-4-9-15-19-17-11-5-2-6-12-17/h2-16H,1H3/b9-4+,16-10+,19-15+. The monoisotopic (exact) mass is 262 g/mol. The van der Waals surface area contributed by atoms with Gasteiger partial charge in [0, 0.05) is 25.1 Å².